The smallest absolute Gasteiger partial charge is 0.408 e. The summed E-state index contributed by atoms with van der Waals surface area (Å²) in [5.74, 6) is -0.475. The van der Waals surface area contributed by atoms with Crippen LogP contribution >= 0.6 is 0 Å². The third kappa shape index (κ3) is 1.73. The summed E-state index contributed by atoms with van der Waals surface area (Å²) in [6.07, 6.45) is 2.13. The van der Waals surface area contributed by atoms with E-state index in [9.17, 15) is 9.59 Å². The molecule has 0 spiro atoms. The van der Waals surface area contributed by atoms with Crippen LogP contribution in [0.25, 0.3) is 11.1 Å². The summed E-state index contributed by atoms with van der Waals surface area (Å²) in [4.78, 5) is 27.5. The number of aromatic nitrogens is 1. The average Bonchev–Trinajstić information content (AvgIpc) is 2.94. The number of carbonyl (C=O) groups excluding carboxylic acids is 1. The first-order valence-corrected chi connectivity index (χ1v) is 5.66. The normalized spacial score (nSPS) is 15.6. The molecule has 17 heavy (non-hydrogen) atoms. The number of nitrogens with one attached hydrogen (secondary N) is 1. The van der Waals surface area contributed by atoms with Crippen LogP contribution in [-0.4, -0.2) is 28.9 Å². The van der Waals surface area contributed by atoms with Gasteiger partial charge in [0.25, 0.3) is 5.91 Å². The summed E-state index contributed by atoms with van der Waals surface area (Å²) in [6, 6.07) is 5.01. The number of H-pyrrole nitrogens is 1. The van der Waals surface area contributed by atoms with Crippen molar-refractivity contribution in [3.05, 3.63) is 34.3 Å². The molecule has 2 heterocycles. The predicted molar refractivity (Wildman–Crippen MR) is 62.0 cm³/mol. The molecule has 5 heteroatoms. The second kappa shape index (κ2) is 3.76. The number of benzene rings is 1. The van der Waals surface area contributed by atoms with Crippen LogP contribution in [0.15, 0.2) is 27.4 Å². The van der Waals surface area contributed by atoms with Gasteiger partial charge in [-0.05, 0) is 31.0 Å². The van der Waals surface area contributed by atoms with Gasteiger partial charge in [-0.2, -0.15) is 0 Å². The van der Waals surface area contributed by atoms with E-state index in [2.05, 4.69) is 4.98 Å². The van der Waals surface area contributed by atoms with Crippen molar-refractivity contribution in [1.82, 2.24) is 9.88 Å². The van der Waals surface area contributed by atoms with Gasteiger partial charge in [-0.15, -0.1) is 0 Å². The van der Waals surface area contributed by atoms with Gasteiger partial charge < -0.3 is 9.32 Å². The number of hydrogen-bond donors (Lipinski definition) is 1. The summed E-state index contributed by atoms with van der Waals surface area (Å²) in [7, 11) is 0. The summed E-state index contributed by atoms with van der Waals surface area (Å²) in [5, 5.41) is 0. The van der Waals surface area contributed by atoms with Gasteiger partial charge in [0.1, 0.15) is 0 Å². The van der Waals surface area contributed by atoms with E-state index < -0.39 is 5.76 Å². The lowest BCUT2D eigenvalue weighted by Gasteiger charge is -2.14. The summed E-state index contributed by atoms with van der Waals surface area (Å²) >= 11 is 0. The molecule has 0 unspecified atom stereocenters. The van der Waals surface area contributed by atoms with Crippen molar-refractivity contribution in [2.24, 2.45) is 0 Å². The molecule has 1 saturated heterocycles. The number of nitrogens with zero attached hydrogens (tertiary/aromatic N) is 1. The number of amides is 1. The predicted octanol–water partition coefficient (Wildman–Crippen LogP) is 1.36. The van der Waals surface area contributed by atoms with E-state index in [1.54, 1.807) is 18.2 Å². The third-order valence-corrected chi connectivity index (χ3v) is 3.06. The second-order valence-corrected chi connectivity index (χ2v) is 4.22. The van der Waals surface area contributed by atoms with Gasteiger partial charge in [0, 0.05) is 18.7 Å². The Morgan fingerprint density at radius 2 is 2.06 bits per heavy atom. The molecule has 1 aliphatic heterocycles. The molecule has 88 valence electrons. The van der Waals surface area contributed by atoms with E-state index >= 15 is 0 Å². The Labute approximate surface area is 97.0 Å². The van der Waals surface area contributed by atoms with Crippen LogP contribution in [0.3, 0.4) is 0 Å². The Morgan fingerprint density at radius 1 is 1.29 bits per heavy atom. The van der Waals surface area contributed by atoms with Crippen molar-refractivity contribution in [3.8, 4) is 0 Å². The van der Waals surface area contributed by atoms with Gasteiger partial charge in [-0.3, -0.25) is 9.78 Å². The molecule has 1 aromatic heterocycles. The quantitative estimate of drug-likeness (QED) is 0.807. The molecule has 2 aromatic rings. The molecular formula is C12H12N2O3. The highest BCUT2D eigenvalue weighted by Crippen LogP contribution is 2.16. The zero-order valence-electron chi connectivity index (χ0n) is 9.23. The molecule has 0 atom stereocenters. The molecule has 1 aromatic carbocycles. The lowest BCUT2D eigenvalue weighted by atomic mass is 10.2. The largest absolute Gasteiger partial charge is 0.417 e. The first-order chi connectivity index (χ1) is 8.24. The van der Waals surface area contributed by atoms with Crippen molar-refractivity contribution in [1.29, 1.82) is 0 Å². The summed E-state index contributed by atoms with van der Waals surface area (Å²) in [5.41, 5.74) is 1.64. The number of carbonyl (C=O) groups is 1. The average molecular weight is 232 g/mol. The van der Waals surface area contributed by atoms with Gasteiger partial charge in [-0.25, -0.2) is 4.79 Å². The summed E-state index contributed by atoms with van der Waals surface area (Å²) in [6.45, 7) is 1.64. The molecule has 0 saturated carbocycles. The molecule has 1 N–H and O–H groups in total. The van der Waals surface area contributed by atoms with Gasteiger partial charge in [0.2, 0.25) is 0 Å². The first-order valence-electron chi connectivity index (χ1n) is 5.66. The van der Waals surface area contributed by atoms with E-state index in [1.165, 1.54) is 0 Å². The molecule has 1 fully saturated rings. The van der Waals surface area contributed by atoms with E-state index in [1.807, 2.05) is 4.90 Å². The number of hydrogen-bond acceptors (Lipinski definition) is 3. The van der Waals surface area contributed by atoms with Gasteiger partial charge in [-0.1, -0.05) is 0 Å². The van der Waals surface area contributed by atoms with E-state index in [4.69, 9.17) is 4.42 Å². The number of oxazole rings is 1. The Hall–Kier alpha value is -2.04. The van der Waals surface area contributed by atoms with Crippen molar-refractivity contribution >= 4 is 17.0 Å². The molecule has 5 nitrogen and oxygen atoms in total. The Morgan fingerprint density at radius 3 is 2.82 bits per heavy atom. The van der Waals surface area contributed by atoms with Crippen molar-refractivity contribution in [3.63, 3.8) is 0 Å². The van der Waals surface area contributed by atoms with Gasteiger partial charge in [0.15, 0.2) is 5.58 Å². The van der Waals surface area contributed by atoms with Crippen LogP contribution in [-0.2, 0) is 0 Å². The fraction of sp³-hybridized carbons (Fsp3) is 0.333. The first kappa shape index (κ1) is 10.1. The highest BCUT2D eigenvalue weighted by molar-refractivity contribution is 5.97. The lowest BCUT2D eigenvalue weighted by Crippen LogP contribution is -2.27. The number of likely N-dealkylation sites (tertiary alicyclic amines) is 1. The summed E-state index contributed by atoms with van der Waals surface area (Å²) < 4.78 is 4.89. The van der Waals surface area contributed by atoms with Crippen LogP contribution < -0.4 is 5.76 Å². The monoisotopic (exact) mass is 232 g/mol. The Bertz CT molecular complexity index is 620. The minimum atomic E-state index is -0.495. The number of rotatable bonds is 1. The van der Waals surface area contributed by atoms with E-state index in [-0.39, 0.29) is 5.91 Å². The standard InChI is InChI=1S/C12H12N2O3/c15-11(14-5-1-2-6-14)8-3-4-10-9(7-8)13-12(16)17-10/h3-4,7H,1-2,5-6H2,(H,13,16). The highest BCUT2D eigenvalue weighted by atomic mass is 16.4. The van der Waals surface area contributed by atoms with E-state index in [0.29, 0.717) is 16.7 Å². The maximum absolute atomic E-state index is 12.1. The van der Waals surface area contributed by atoms with Crippen LogP contribution in [0.5, 0.6) is 0 Å². The van der Waals surface area contributed by atoms with Crippen molar-refractivity contribution < 1.29 is 9.21 Å². The lowest BCUT2D eigenvalue weighted by molar-refractivity contribution is 0.0793. The number of fused-ring (bicyclic) bond motifs is 1. The van der Waals surface area contributed by atoms with Crippen LogP contribution in [0, 0.1) is 0 Å². The minimum Gasteiger partial charge on any atom is -0.408 e. The fourth-order valence-electron chi connectivity index (χ4n) is 2.19. The van der Waals surface area contributed by atoms with Crippen molar-refractivity contribution in [2.45, 2.75) is 12.8 Å². The molecule has 3 rings (SSSR count). The van der Waals surface area contributed by atoms with Crippen LogP contribution in [0.1, 0.15) is 23.2 Å². The van der Waals surface area contributed by atoms with Gasteiger partial charge >= 0.3 is 5.76 Å². The minimum absolute atomic E-state index is 0.0199. The third-order valence-electron chi connectivity index (χ3n) is 3.06. The Balaban J connectivity index is 1.99. The zero-order chi connectivity index (χ0) is 11.8. The number of aromatic amines is 1. The maximum atomic E-state index is 12.1. The van der Waals surface area contributed by atoms with Crippen LogP contribution in [0.4, 0.5) is 0 Å². The Kier molecular flexibility index (Phi) is 2.24. The molecule has 0 radical (unpaired) electrons. The maximum Gasteiger partial charge on any atom is 0.417 e. The molecular weight excluding hydrogens is 220 g/mol. The van der Waals surface area contributed by atoms with Gasteiger partial charge in [0.05, 0.1) is 5.52 Å². The fourth-order valence-corrected chi connectivity index (χ4v) is 2.19. The molecule has 0 bridgehead atoms. The molecule has 0 aliphatic carbocycles. The van der Waals surface area contributed by atoms with Crippen molar-refractivity contribution in [2.75, 3.05) is 13.1 Å². The topological polar surface area (TPSA) is 66.3 Å². The molecule has 1 amide bonds. The highest BCUT2D eigenvalue weighted by Gasteiger charge is 2.19. The van der Waals surface area contributed by atoms with E-state index in [0.717, 1.165) is 25.9 Å². The molecule has 1 aliphatic rings. The van der Waals surface area contributed by atoms with Crippen LogP contribution in [0.2, 0.25) is 0 Å². The zero-order valence-corrected chi connectivity index (χ0v) is 9.23. The second-order valence-electron chi connectivity index (χ2n) is 4.22. The SMILES string of the molecule is O=C(c1ccc2oc(=O)[nH]c2c1)N1CCCC1.